The highest BCUT2D eigenvalue weighted by atomic mass is 35.5. The summed E-state index contributed by atoms with van der Waals surface area (Å²) >= 11 is 12.0. The Kier molecular flexibility index (Phi) is 6.12. The first-order valence-corrected chi connectivity index (χ1v) is 7.93. The molecule has 1 aliphatic carbocycles. The summed E-state index contributed by atoms with van der Waals surface area (Å²) in [4.78, 5) is 0. The van der Waals surface area contributed by atoms with Gasteiger partial charge in [0.1, 0.15) is 0 Å². The Morgan fingerprint density at radius 2 is 2.00 bits per heavy atom. The number of halogens is 2. The zero-order valence-electron chi connectivity index (χ0n) is 11.5. The van der Waals surface area contributed by atoms with E-state index in [1.807, 2.05) is 12.1 Å². The van der Waals surface area contributed by atoms with Crippen molar-refractivity contribution in [3.8, 4) is 0 Å². The monoisotopic (exact) mass is 316 g/mol. The van der Waals surface area contributed by atoms with Gasteiger partial charge in [0.2, 0.25) is 0 Å². The van der Waals surface area contributed by atoms with E-state index in [2.05, 4.69) is 5.32 Å². The second kappa shape index (κ2) is 7.62. The Morgan fingerprint density at radius 1 is 1.25 bits per heavy atom. The van der Waals surface area contributed by atoms with E-state index in [9.17, 15) is 5.11 Å². The molecule has 0 heterocycles. The van der Waals surface area contributed by atoms with Gasteiger partial charge in [0.15, 0.2) is 0 Å². The van der Waals surface area contributed by atoms with Crippen LogP contribution < -0.4 is 11.1 Å². The first-order valence-electron chi connectivity index (χ1n) is 7.17. The summed E-state index contributed by atoms with van der Waals surface area (Å²) in [5.74, 6) is 0.320. The van der Waals surface area contributed by atoms with Gasteiger partial charge >= 0.3 is 0 Å². The number of benzene rings is 1. The van der Waals surface area contributed by atoms with Crippen LogP contribution in [0.5, 0.6) is 0 Å². The molecule has 0 aliphatic heterocycles. The Hall–Kier alpha value is -0.320. The molecule has 20 heavy (non-hydrogen) atoms. The van der Waals surface area contributed by atoms with Crippen LogP contribution in [0.2, 0.25) is 10.0 Å². The van der Waals surface area contributed by atoms with Crippen molar-refractivity contribution in [2.24, 2.45) is 11.7 Å². The van der Waals surface area contributed by atoms with Gasteiger partial charge < -0.3 is 16.2 Å². The van der Waals surface area contributed by atoms with E-state index in [4.69, 9.17) is 28.9 Å². The minimum Gasteiger partial charge on any atom is -0.396 e. The van der Waals surface area contributed by atoms with E-state index in [0.717, 1.165) is 18.4 Å². The average molecular weight is 317 g/mol. The van der Waals surface area contributed by atoms with Crippen molar-refractivity contribution >= 4 is 23.2 Å². The Balaban J connectivity index is 2.09. The van der Waals surface area contributed by atoms with Crippen LogP contribution in [0, 0.1) is 5.92 Å². The average Bonchev–Trinajstić information content (AvgIpc) is 2.48. The van der Waals surface area contributed by atoms with Crippen molar-refractivity contribution in [2.45, 2.75) is 37.8 Å². The van der Waals surface area contributed by atoms with E-state index in [1.54, 1.807) is 6.07 Å². The summed E-state index contributed by atoms with van der Waals surface area (Å²) < 4.78 is 0. The molecule has 5 heteroatoms. The number of rotatable bonds is 5. The summed E-state index contributed by atoms with van der Waals surface area (Å²) in [6.45, 7) is 0.725. The van der Waals surface area contributed by atoms with Gasteiger partial charge in [-0.05, 0) is 36.5 Å². The molecule has 1 saturated carbocycles. The zero-order chi connectivity index (χ0) is 14.5. The maximum absolute atomic E-state index is 9.49. The van der Waals surface area contributed by atoms with Crippen molar-refractivity contribution in [1.29, 1.82) is 0 Å². The molecule has 2 rings (SSSR count). The van der Waals surface area contributed by atoms with Crippen LogP contribution in [0.4, 0.5) is 0 Å². The summed E-state index contributed by atoms with van der Waals surface area (Å²) in [5.41, 5.74) is 6.94. The van der Waals surface area contributed by atoms with Crippen molar-refractivity contribution < 1.29 is 5.11 Å². The molecule has 3 nitrogen and oxygen atoms in total. The molecule has 0 saturated heterocycles. The lowest BCUT2D eigenvalue weighted by Gasteiger charge is -2.34. The molecule has 0 amide bonds. The number of aliphatic hydroxyl groups is 1. The third kappa shape index (κ3) is 3.86. The number of hydrogen-bond donors (Lipinski definition) is 3. The van der Waals surface area contributed by atoms with Gasteiger partial charge in [0.05, 0.1) is 10.0 Å². The fourth-order valence-electron chi connectivity index (χ4n) is 2.93. The molecule has 4 N–H and O–H groups in total. The number of aliphatic hydroxyl groups excluding tert-OH is 1. The van der Waals surface area contributed by atoms with Crippen LogP contribution in [0.1, 0.15) is 37.3 Å². The third-order valence-electron chi connectivity index (χ3n) is 4.14. The van der Waals surface area contributed by atoms with E-state index >= 15 is 0 Å². The third-order valence-corrected chi connectivity index (χ3v) is 4.88. The predicted octanol–water partition coefficient (Wildman–Crippen LogP) is 3.13. The highest BCUT2D eigenvalue weighted by Gasteiger charge is 2.26. The standard InChI is InChI=1S/C15H22Cl2N2O/c16-12-6-5-10(7-13(12)17)15(8-18)19-14-4-2-1-3-11(14)9-20/h5-7,11,14-15,19-20H,1-4,8-9,18H2. The van der Waals surface area contributed by atoms with Gasteiger partial charge in [0, 0.05) is 25.2 Å². The molecule has 0 radical (unpaired) electrons. The molecule has 0 bridgehead atoms. The Morgan fingerprint density at radius 3 is 2.65 bits per heavy atom. The van der Waals surface area contributed by atoms with Crippen LogP contribution in [0.3, 0.4) is 0 Å². The minimum atomic E-state index is 0.0434. The van der Waals surface area contributed by atoms with E-state index in [-0.39, 0.29) is 12.6 Å². The Labute approximate surface area is 130 Å². The zero-order valence-corrected chi connectivity index (χ0v) is 13.0. The van der Waals surface area contributed by atoms with Crippen molar-refractivity contribution in [3.05, 3.63) is 33.8 Å². The summed E-state index contributed by atoms with van der Waals surface area (Å²) in [5, 5.41) is 14.2. The van der Waals surface area contributed by atoms with E-state index < -0.39 is 0 Å². The molecule has 1 aromatic rings. The van der Waals surface area contributed by atoms with Gasteiger partial charge in [-0.2, -0.15) is 0 Å². The number of nitrogens with one attached hydrogen (secondary N) is 1. The van der Waals surface area contributed by atoms with E-state index in [0.29, 0.717) is 28.5 Å². The van der Waals surface area contributed by atoms with Crippen molar-refractivity contribution in [1.82, 2.24) is 5.32 Å². The van der Waals surface area contributed by atoms with Gasteiger partial charge in [-0.3, -0.25) is 0 Å². The summed E-state index contributed by atoms with van der Waals surface area (Å²) in [6.07, 6.45) is 4.56. The van der Waals surface area contributed by atoms with Crippen molar-refractivity contribution in [2.75, 3.05) is 13.2 Å². The highest BCUT2D eigenvalue weighted by Crippen LogP contribution is 2.29. The molecule has 0 aromatic heterocycles. The van der Waals surface area contributed by atoms with Crippen LogP contribution in [0.15, 0.2) is 18.2 Å². The molecule has 0 spiro atoms. The molecular weight excluding hydrogens is 295 g/mol. The Bertz CT molecular complexity index is 442. The molecule has 1 aliphatic rings. The second-order valence-corrected chi connectivity index (χ2v) is 6.28. The van der Waals surface area contributed by atoms with Crippen LogP contribution >= 0.6 is 23.2 Å². The van der Waals surface area contributed by atoms with Crippen LogP contribution in [-0.4, -0.2) is 24.3 Å². The molecule has 3 atom stereocenters. The molecule has 3 unspecified atom stereocenters. The molecule has 1 aromatic carbocycles. The molecular formula is C15H22Cl2N2O. The van der Waals surface area contributed by atoms with Gasteiger partial charge in [-0.25, -0.2) is 0 Å². The lowest BCUT2D eigenvalue weighted by atomic mass is 9.84. The van der Waals surface area contributed by atoms with Gasteiger partial charge in [-0.1, -0.05) is 42.1 Å². The van der Waals surface area contributed by atoms with Gasteiger partial charge in [0.25, 0.3) is 0 Å². The molecule has 112 valence electrons. The lowest BCUT2D eigenvalue weighted by molar-refractivity contribution is 0.146. The molecule has 1 fully saturated rings. The fraction of sp³-hybridized carbons (Fsp3) is 0.600. The summed E-state index contributed by atoms with van der Waals surface area (Å²) in [7, 11) is 0. The summed E-state index contributed by atoms with van der Waals surface area (Å²) in [6, 6.07) is 5.98. The quantitative estimate of drug-likeness (QED) is 0.782. The lowest BCUT2D eigenvalue weighted by Crippen LogP contribution is -2.44. The normalized spacial score (nSPS) is 24.6. The van der Waals surface area contributed by atoms with Crippen LogP contribution in [0.25, 0.3) is 0 Å². The SMILES string of the molecule is NCC(NC1CCCCC1CO)c1ccc(Cl)c(Cl)c1. The number of hydrogen-bond acceptors (Lipinski definition) is 3. The first kappa shape index (κ1) is 16.1. The predicted molar refractivity (Wildman–Crippen MR) is 84.2 cm³/mol. The maximum atomic E-state index is 9.49. The van der Waals surface area contributed by atoms with E-state index in [1.165, 1.54) is 12.8 Å². The fourth-order valence-corrected chi connectivity index (χ4v) is 3.24. The minimum absolute atomic E-state index is 0.0434. The largest absolute Gasteiger partial charge is 0.396 e. The highest BCUT2D eigenvalue weighted by molar-refractivity contribution is 6.42. The number of nitrogens with two attached hydrogens (primary N) is 1. The topological polar surface area (TPSA) is 58.3 Å². The van der Waals surface area contributed by atoms with Crippen molar-refractivity contribution in [3.63, 3.8) is 0 Å². The van der Waals surface area contributed by atoms with Gasteiger partial charge in [-0.15, -0.1) is 0 Å². The second-order valence-electron chi connectivity index (χ2n) is 5.46. The maximum Gasteiger partial charge on any atom is 0.0595 e. The first-order chi connectivity index (χ1) is 9.65. The van der Waals surface area contributed by atoms with Crippen LogP contribution in [-0.2, 0) is 0 Å². The smallest absolute Gasteiger partial charge is 0.0595 e.